The second-order valence-electron chi connectivity index (χ2n) is 7.37. The zero-order valence-electron chi connectivity index (χ0n) is 15.6. The highest BCUT2D eigenvalue weighted by molar-refractivity contribution is 6.74. The van der Waals surface area contributed by atoms with E-state index in [1.807, 2.05) is 24.3 Å². The van der Waals surface area contributed by atoms with Crippen molar-refractivity contribution in [1.82, 2.24) is 0 Å². The van der Waals surface area contributed by atoms with Crippen molar-refractivity contribution >= 4 is 14.6 Å². The summed E-state index contributed by atoms with van der Waals surface area (Å²) in [6, 6.07) is 13.8. The molecule has 0 aliphatic heterocycles. The molecule has 2 rings (SSSR count). The van der Waals surface area contributed by atoms with Gasteiger partial charge in [0.05, 0.1) is 6.61 Å². The van der Waals surface area contributed by atoms with Crippen LogP contribution >= 0.6 is 0 Å². The summed E-state index contributed by atoms with van der Waals surface area (Å²) < 4.78 is 6.12. The summed E-state index contributed by atoms with van der Waals surface area (Å²) in [5, 5.41) is 17.9. The van der Waals surface area contributed by atoms with Gasteiger partial charge >= 0.3 is 0 Å². The van der Waals surface area contributed by atoms with Crippen LogP contribution in [0.1, 0.15) is 36.7 Å². The lowest BCUT2D eigenvalue weighted by Gasteiger charge is -2.36. The molecule has 5 heteroatoms. The van der Waals surface area contributed by atoms with Crippen LogP contribution in [0, 0.1) is 0 Å². The van der Waals surface area contributed by atoms with Gasteiger partial charge in [0.1, 0.15) is 17.8 Å². The second-order valence-corrected chi connectivity index (χ2v) is 12.1. The van der Waals surface area contributed by atoms with Crippen molar-refractivity contribution in [2.75, 3.05) is 0 Å². The van der Waals surface area contributed by atoms with Crippen molar-refractivity contribution in [2.24, 2.45) is 0 Å². The largest absolute Gasteiger partial charge is 0.544 e. The van der Waals surface area contributed by atoms with E-state index < -0.39 is 8.32 Å². The van der Waals surface area contributed by atoms with Crippen molar-refractivity contribution in [2.45, 2.75) is 45.5 Å². The minimum absolute atomic E-state index is 0.0837. The average molecular weight is 361 g/mol. The third kappa shape index (κ3) is 6.72. The maximum absolute atomic E-state index is 10.0. The third-order valence-corrected chi connectivity index (χ3v) is 8.67. The first-order valence-corrected chi connectivity index (χ1v) is 11.1. The summed E-state index contributed by atoms with van der Waals surface area (Å²) in [5.74, 6) is 1.09. The highest BCUT2D eigenvalue weighted by atomic mass is 28.4. The van der Waals surface area contributed by atoms with Gasteiger partial charge in [0.2, 0.25) is 8.32 Å². The molecule has 0 aliphatic carbocycles. The number of carbonyl (C=O) groups excluding carboxylic acids is 1. The fraction of sp³-hybridized carbons (Fsp3) is 0.350. The molecule has 0 aliphatic rings. The molecule has 0 atom stereocenters. The van der Waals surface area contributed by atoms with Crippen LogP contribution in [0.5, 0.6) is 11.5 Å². The molecule has 2 aromatic rings. The van der Waals surface area contributed by atoms with Crippen LogP contribution < -0.4 is 4.43 Å². The van der Waals surface area contributed by atoms with Crippen LogP contribution in [-0.2, 0) is 6.61 Å². The van der Waals surface area contributed by atoms with Crippen molar-refractivity contribution in [3.05, 3.63) is 59.7 Å². The summed E-state index contributed by atoms with van der Waals surface area (Å²) in [7, 11) is -1.74. The molecule has 0 amide bonds. The van der Waals surface area contributed by atoms with E-state index in [-0.39, 0.29) is 17.4 Å². The summed E-state index contributed by atoms with van der Waals surface area (Å²) in [6.07, 6.45) is 0.736. The van der Waals surface area contributed by atoms with Crippen molar-refractivity contribution in [3.8, 4) is 11.5 Å². The van der Waals surface area contributed by atoms with Gasteiger partial charge in [-0.3, -0.25) is 4.79 Å². The molecule has 0 heterocycles. The molecule has 0 saturated heterocycles. The Morgan fingerprint density at radius 2 is 1.52 bits per heavy atom. The quantitative estimate of drug-likeness (QED) is 0.609. The zero-order chi connectivity index (χ0) is 19.1. The maximum atomic E-state index is 10.0. The SMILES string of the molecule is CC(C)(C)[Si](C)(C)Oc1ccc(CO)cc1.O=Cc1ccc(O)cc1. The van der Waals surface area contributed by atoms with Gasteiger partial charge in [0.25, 0.3) is 0 Å². The summed E-state index contributed by atoms with van der Waals surface area (Å²) in [6.45, 7) is 11.2. The lowest BCUT2D eigenvalue weighted by atomic mass is 10.2. The zero-order valence-corrected chi connectivity index (χ0v) is 16.6. The number of aldehydes is 1. The first-order valence-electron chi connectivity index (χ1n) is 8.22. The van der Waals surface area contributed by atoms with Crippen LogP contribution in [0.15, 0.2) is 48.5 Å². The van der Waals surface area contributed by atoms with Gasteiger partial charge in [-0.05, 0) is 60.1 Å². The number of phenolic OH excluding ortho intramolecular Hbond substituents is 1. The predicted octanol–water partition coefficient (Wildman–Crippen LogP) is 4.77. The number of aliphatic hydroxyl groups is 1. The number of benzene rings is 2. The van der Waals surface area contributed by atoms with Gasteiger partial charge in [-0.1, -0.05) is 32.9 Å². The highest BCUT2D eigenvalue weighted by Gasteiger charge is 2.38. The Bertz CT molecular complexity index is 656. The van der Waals surface area contributed by atoms with E-state index in [1.165, 1.54) is 12.1 Å². The topological polar surface area (TPSA) is 66.8 Å². The molecule has 0 unspecified atom stereocenters. The van der Waals surface area contributed by atoms with Gasteiger partial charge in [0.15, 0.2) is 0 Å². The Hall–Kier alpha value is -2.11. The Labute approximate surface area is 151 Å². The van der Waals surface area contributed by atoms with Gasteiger partial charge in [0, 0.05) is 5.56 Å². The van der Waals surface area contributed by atoms with E-state index >= 15 is 0 Å². The first-order chi connectivity index (χ1) is 11.6. The van der Waals surface area contributed by atoms with Crippen LogP contribution in [0.4, 0.5) is 0 Å². The van der Waals surface area contributed by atoms with Crippen molar-refractivity contribution in [3.63, 3.8) is 0 Å². The highest BCUT2D eigenvalue weighted by Crippen LogP contribution is 2.37. The Morgan fingerprint density at radius 3 is 1.92 bits per heavy atom. The smallest absolute Gasteiger partial charge is 0.250 e. The van der Waals surface area contributed by atoms with Gasteiger partial charge in [-0.25, -0.2) is 0 Å². The normalized spacial score (nSPS) is 11.3. The number of aliphatic hydroxyl groups excluding tert-OH is 1. The molecule has 2 aromatic carbocycles. The van der Waals surface area contributed by atoms with E-state index in [0.717, 1.165) is 17.6 Å². The maximum Gasteiger partial charge on any atom is 0.250 e. The van der Waals surface area contributed by atoms with Crippen molar-refractivity contribution < 1.29 is 19.4 Å². The molecule has 0 aromatic heterocycles. The Kier molecular flexibility index (Phi) is 7.39. The molecule has 136 valence electrons. The third-order valence-electron chi connectivity index (χ3n) is 4.31. The molecule has 0 spiro atoms. The summed E-state index contributed by atoms with van der Waals surface area (Å²) in [5.41, 5.74) is 1.50. The first kappa shape index (κ1) is 20.9. The summed E-state index contributed by atoms with van der Waals surface area (Å²) in [4.78, 5) is 10.0. The lowest BCUT2D eigenvalue weighted by molar-refractivity contribution is 0.112. The fourth-order valence-corrected chi connectivity index (χ4v) is 2.70. The van der Waals surface area contributed by atoms with Crippen LogP contribution in [0.25, 0.3) is 0 Å². The van der Waals surface area contributed by atoms with E-state index in [0.29, 0.717) is 5.56 Å². The molecule has 25 heavy (non-hydrogen) atoms. The summed E-state index contributed by atoms with van der Waals surface area (Å²) >= 11 is 0. The minimum Gasteiger partial charge on any atom is -0.544 e. The van der Waals surface area contributed by atoms with E-state index in [4.69, 9.17) is 14.6 Å². The predicted molar refractivity (Wildman–Crippen MR) is 104 cm³/mol. The molecular weight excluding hydrogens is 332 g/mol. The monoisotopic (exact) mass is 360 g/mol. The molecule has 0 saturated carbocycles. The van der Waals surface area contributed by atoms with Crippen LogP contribution in [-0.4, -0.2) is 24.8 Å². The van der Waals surface area contributed by atoms with Gasteiger partial charge in [-0.15, -0.1) is 0 Å². The second kappa shape index (κ2) is 8.83. The van der Waals surface area contributed by atoms with Crippen LogP contribution in [0.2, 0.25) is 18.1 Å². The molecule has 4 nitrogen and oxygen atoms in total. The van der Waals surface area contributed by atoms with E-state index in [1.54, 1.807) is 12.1 Å². The number of hydrogen-bond acceptors (Lipinski definition) is 4. The molecule has 2 N–H and O–H groups in total. The average Bonchev–Trinajstić information content (AvgIpc) is 2.55. The number of rotatable bonds is 4. The van der Waals surface area contributed by atoms with E-state index in [9.17, 15) is 4.79 Å². The Morgan fingerprint density at radius 1 is 1.00 bits per heavy atom. The molecule has 0 bridgehead atoms. The fourth-order valence-electron chi connectivity index (χ4n) is 1.66. The number of carbonyl (C=O) groups is 1. The molecule has 0 radical (unpaired) electrons. The number of aromatic hydroxyl groups is 1. The van der Waals surface area contributed by atoms with Crippen molar-refractivity contribution in [1.29, 1.82) is 0 Å². The van der Waals surface area contributed by atoms with Gasteiger partial charge in [-0.2, -0.15) is 0 Å². The molecule has 0 fully saturated rings. The van der Waals surface area contributed by atoms with Crippen LogP contribution in [0.3, 0.4) is 0 Å². The number of hydrogen-bond donors (Lipinski definition) is 2. The Balaban J connectivity index is 0.000000293. The van der Waals surface area contributed by atoms with E-state index in [2.05, 4.69) is 33.9 Å². The standard InChI is InChI=1S/C13H22O2Si.C7H6O2/c1-13(2,3)16(4,5)15-12-8-6-11(10-14)7-9-12;8-5-6-1-3-7(9)4-2-6/h6-9,14H,10H2,1-5H3;1-5,9H. The molecular formula is C20H28O4Si. The number of phenols is 1. The van der Waals surface area contributed by atoms with Gasteiger partial charge < -0.3 is 14.6 Å². The minimum atomic E-state index is -1.74. The lowest BCUT2D eigenvalue weighted by Crippen LogP contribution is -2.43.